The lowest BCUT2D eigenvalue weighted by Crippen LogP contribution is -2.55. The largest absolute Gasteiger partial charge is 0.494 e. The number of nitrogens with zero attached hydrogens (tertiary/aromatic N) is 1. The molecule has 25 heavy (non-hydrogen) atoms. The molecule has 2 aromatic rings. The number of hydrogen-bond donors (Lipinski definition) is 0. The first-order valence-corrected chi connectivity index (χ1v) is 9.34. The summed E-state index contributed by atoms with van der Waals surface area (Å²) < 4.78 is 42.3. The minimum absolute atomic E-state index is 0.214. The Morgan fingerprint density at radius 1 is 1.16 bits per heavy atom. The van der Waals surface area contributed by atoms with E-state index in [9.17, 15) is 13.2 Å². The van der Waals surface area contributed by atoms with Crippen LogP contribution in [0.2, 0.25) is 0 Å². The number of benzene rings is 1. The predicted molar refractivity (Wildman–Crippen MR) is 90.5 cm³/mol. The van der Waals surface area contributed by atoms with Crippen molar-refractivity contribution < 1.29 is 22.3 Å². The fraction of sp³-hybridized carbons (Fsp3) is 0.353. The van der Waals surface area contributed by atoms with Gasteiger partial charge in [0.2, 0.25) is 10.0 Å². The average molecular weight is 365 g/mol. The van der Waals surface area contributed by atoms with E-state index in [0.717, 1.165) is 0 Å². The molecule has 0 N–H and O–H groups in total. The summed E-state index contributed by atoms with van der Waals surface area (Å²) in [6.07, 6.45) is -0.293. The highest BCUT2D eigenvalue weighted by atomic mass is 32.2. The molecule has 1 saturated heterocycles. The van der Waals surface area contributed by atoms with E-state index in [0.29, 0.717) is 23.9 Å². The summed E-state index contributed by atoms with van der Waals surface area (Å²) in [6.45, 7) is 4.50. The van der Waals surface area contributed by atoms with Crippen LogP contribution in [0.1, 0.15) is 12.7 Å². The molecule has 8 heteroatoms. The highest BCUT2D eigenvalue weighted by Crippen LogP contribution is 2.26. The van der Waals surface area contributed by atoms with Crippen molar-refractivity contribution in [3.8, 4) is 11.5 Å². The van der Waals surface area contributed by atoms with Crippen molar-refractivity contribution in [2.24, 2.45) is 0 Å². The van der Waals surface area contributed by atoms with E-state index in [1.807, 2.05) is 6.92 Å². The van der Waals surface area contributed by atoms with Gasteiger partial charge in [0.15, 0.2) is 0 Å². The lowest BCUT2D eigenvalue weighted by molar-refractivity contribution is 0.0754. The molecule has 0 aliphatic carbocycles. The van der Waals surface area contributed by atoms with Crippen molar-refractivity contribution in [2.75, 3.05) is 19.7 Å². The van der Waals surface area contributed by atoms with Gasteiger partial charge in [-0.15, -0.1) is 0 Å². The van der Waals surface area contributed by atoms with Crippen LogP contribution in [0.5, 0.6) is 11.5 Å². The normalized spacial score (nSPS) is 15.6. The van der Waals surface area contributed by atoms with Gasteiger partial charge in [-0.3, -0.25) is 0 Å². The molecule has 134 valence electrons. The fourth-order valence-corrected chi connectivity index (χ4v) is 4.03. The molecule has 1 fully saturated rings. The van der Waals surface area contributed by atoms with E-state index in [-0.39, 0.29) is 24.1 Å². The smallest absolute Gasteiger partial charge is 0.339 e. The maximum absolute atomic E-state index is 12.6. The molecular weight excluding hydrogens is 346 g/mol. The van der Waals surface area contributed by atoms with Crippen molar-refractivity contribution in [3.63, 3.8) is 0 Å². The number of aryl methyl sites for hydroxylation is 1. The topological polar surface area (TPSA) is 86.1 Å². The zero-order chi connectivity index (χ0) is 18.0. The molecule has 1 aliphatic rings. The van der Waals surface area contributed by atoms with Gasteiger partial charge >= 0.3 is 5.63 Å². The molecule has 2 heterocycles. The van der Waals surface area contributed by atoms with Gasteiger partial charge in [0.25, 0.3) is 0 Å². The van der Waals surface area contributed by atoms with Crippen LogP contribution < -0.4 is 15.1 Å². The summed E-state index contributed by atoms with van der Waals surface area (Å²) >= 11 is 0. The highest BCUT2D eigenvalue weighted by molar-refractivity contribution is 7.89. The minimum Gasteiger partial charge on any atom is -0.494 e. The predicted octanol–water partition coefficient (Wildman–Crippen LogP) is 1.80. The quantitative estimate of drug-likeness (QED) is 0.776. The maximum Gasteiger partial charge on any atom is 0.339 e. The molecule has 3 rings (SSSR count). The van der Waals surface area contributed by atoms with Gasteiger partial charge in [-0.1, -0.05) is 0 Å². The van der Waals surface area contributed by atoms with Gasteiger partial charge in [0, 0.05) is 6.07 Å². The molecular formula is C17H19NO6S. The van der Waals surface area contributed by atoms with Gasteiger partial charge in [-0.2, -0.15) is 4.31 Å². The molecule has 1 aromatic carbocycles. The molecule has 0 atom stereocenters. The van der Waals surface area contributed by atoms with E-state index in [1.165, 1.54) is 22.5 Å². The molecule has 7 nitrogen and oxygen atoms in total. The Morgan fingerprint density at radius 3 is 2.44 bits per heavy atom. The number of rotatable bonds is 6. The van der Waals surface area contributed by atoms with Crippen molar-refractivity contribution in [1.82, 2.24) is 4.31 Å². The summed E-state index contributed by atoms with van der Waals surface area (Å²) in [5.74, 6) is 1.46. The van der Waals surface area contributed by atoms with Crippen LogP contribution in [0.15, 0.2) is 50.5 Å². The van der Waals surface area contributed by atoms with E-state index < -0.39 is 15.6 Å². The first kappa shape index (κ1) is 17.5. The van der Waals surface area contributed by atoms with E-state index in [2.05, 4.69) is 0 Å². The summed E-state index contributed by atoms with van der Waals surface area (Å²) in [6, 6.07) is 9.18. The van der Waals surface area contributed by atoms with Crippen molar-refractivity contribution in [1.29, 1.82) is 0 Å². The Labute approximate surface area is 145 Å². The first-order valence-electron chi connectivity index (χ1n) is 7.90. The molecule has 0 saturated carbocycles. The standard InChI is InChI=1S/C17H19NO6S/c1-3-22-13-4-6-16(7-5-13)25(20,21)18-10-15(11-18)24-14-8-12(2)23-17(19)9-14/h4-9,15H,3,10-11H2,1-2H3. The van der Waals surface area contributed by atoms with Gasteiger partial charge in [-0.05, 0) is 38.1 Å². The lowest BCUT2D eigenvalue weighted by atomic mass is 10.2. The van der Waals surface area contributed by atoms with E-state index in [4.69, 9.17) is 13.9 Å². The van der Waals surface area contributed by atoms with Gasteiger partial charge in [-0.25, -0.2) is 13.2 Å². The Morgan fingerprint density at radius 2 is 1.84 bits per heavy atom. The van der Waals surface area contributed by atoms with Gasteiger partial charge < -0.3 is 13.9 Å². The van der Waals surface area contributed by atoms with Crippen LogP contribution in [0.25, 0.3) is 0 Å². The minimum atomic E-state index is -3.56. The van der Waals surface area contributed by atoms with Crippen molar-refractivity contribution in [2.45, 2.75) is 24.8 Å². The molecule has 0 amide bonds. The van der Waals surface area contributed by atoms with Gasteiger partial charge in [0.1, 0.15) is 23.4 Å². The third kappa shape index (κ3) is 3.85. The second kappa shape index (κ2) is 6.89. The lowest BCUT2D eigenvalue weighted by Gasteiger charge is -2.37. The third-order valence-corrected chi connectivity index (χ3v) is 5.60. The molecule has 0 spiro atoms. The maximum atomic E-state index is 12.6. The van der Waals surface area contributed by atoms with Crippen LogP contribution in [0.3, 0.4) is 0 Å². The Hall–Kier alpha value is -2.32. The summed E-state index contributed by atoms with van der Waals surface area (Å²) in [7, 11) is -3.56. The third-order valence-electron chi connectivity index (χ3n) is 3.76. The van der Waals surface area contributed by atoms with Crippen LogP contribution in [0.4, 0.5) is 0 Å². The Balaban J connectivity index is 1.63. The molecule has 0 unspecified atom stereocenters. The zero-order valence-corrected chi connectivity index (χ0v) is 14.8. The Kier molecular flexibility index (Phi) is 4.82. The number of sulfonamides is 1. The van der Waals surface area contributed by atoms with Crippen molar-refractivity contribution in [3.05, 3.63) is 52.6 Å². The zero-order valence-electron chi connectivity index (χ0n) is 14.0. The second-order valence-corrected chi connectivity index (χ2v) is 7.63. The van der Waals surface area contributed by atoms with Crippen LogP contribution in [-0.4, -0.2) is 38.5 Å². The Bertz CT molecular complexity index is 897. The van der Waals surface area contributed by atoms with Crippen LogP contribution >= 0.6 is 0 Å². The number of hydrogen-bond acceptors (Lipinski definition) is 6. The van der Waals surface area contributed by atoms with E-state index >= 15 is 0 Å². The second-order valence-electron chi connectivity index (χ2n) is 5.69. The molecule has 0 radical (unpaired) electrons. The SMILES string of the molecule is CCOc1ccc(S(=O)(=O)N2CC(Oc3cc(C)oc(=O)c3)C2)cc1. The molecule has 1 aliphatic heterocycles. The summed E-state index contributed by atoms with van der Waals surface area (Å²) in [5, 5.41) is 0. The highest BCUT2D eigenvalue weighted by Gasteiger charge is 2.38. The van der Waals surface area contributed by atoms with Gasteiger partial charge in [0.05, 0.1) is 30.7 Å². The van der Waals surface area contributed by atoms with Crippen LogP contribution in [-0.2, 0) is 10.0 Å². The fourth-order valence-electron chi connectivity index (χ4n) is 2.53. The summed E-state index contributed by atoms with van der Waals surface area (Å²) in [5.41, 5.74) is -0.492. The molecule has 0 bridgehead atoms. The average Bonchev–Trinajstić information content (AvgIpc) is 2.50. The monoisotopic (exact) mass is 365 g/mol. The summed E-state index contributed by atoms with van der Waals surface area (Å²) in [4.78, 5) is 11.5. The molecule has 1 aromatic heterocycles. The number of ether oxygens (including phenoxy) is 2. The first-order chi connectivity index (χ1) is 11.9. The van der Waals surface area contributed by atoms with Crippen LogP contribution in [0, 0.1) is 6.92 Å². The van der Waals surface area contributed by atoms with E-state index in [1.54, 1.807) is 25.1 Å². The van der Waals surface area contributed by atoms with Crippen molar-refractivity contribution >= 4 is 10.0 Å².